The molecule has 3 amide bonds. The van der Waals surface area contributed by atoms with Gasteiger partial charge in [-0.05, 0) is 30.2 Å². The number of hydrogen-bond acceptors (Lipinski definition) is 4. The van der Waals surface area contributed by atoms with E-state index < -0.39 is 17.5 Å². The molecule has 0 spiro atoms. The van der Waals surface area contributed by atoms with E-state index in [0.29, 0.717) is 11.1 Å². The maximum absolute atomic E-state index is 12.9. The van der Waals surface area contributed by atoms with Crippen LogP contribution < -0.4 is 5.32 Å². The average Bonchev–Trinajstić information content (AvgIpc) is 2.86. The first-order valence-electron chi connectivity index (χ1n) is 7.82. The third-order valence-electron chi connectivity index (χ3n) is 4.31. The van der Waals surface area contributed by atoms with Crippen LogP contribution in [0.25, 0.3) is 0 Å². The van der Waals surface area contributed by atoms with E-state index in [4.69, 9.17) is 4.74 Å². The van der Waals surface area contributed by atoms with Gasteiger partial charge in [-0.2, -0.15) is 0 Å². The number of carbonyl (C=O) groups excluding carboxylic acids is 3. The van der Waals surface area contributed by atoms with Crippen LogP contribution >= 0.6 is 0 Å². The largest absolute Gasteiger partial charge is 0.465 e. The summed E-state index contributed by atoms with van der Waals surface area (Å²) in [6.07, 6.45) is 0. The van der Waals surface area contributed by atoms with Crippen LogP contribution in [0.15, 0.2) is 54.6 Å². The minimum absolute atomic E-state index is 0.0813. The number of hydrogen-bond donors (Lipinski definition) is 1. The third kappa shape index (κ3) is 2.98. The number of carbonyl (C=O) groups is 3. The Morgan fingerprint density at radius 2 is 1.84 bits per heavy atom. The summed E-state index contributed by atoms with van der Waals surface area (Å²) in [5.41, 5.74) is 0.666. The van der Waals surface area contributed by atoms with Crippen molar-refractivity contribution in [2.24, 2.45) is 0 Å². The van der Waals surface area contributed by atoms with Crippen LogP contribution in [-0.4, -0.2) is 29.9 Å². The predicted octanol–water partition coefficient (Wildman–Crippen LogP) is 2.44. The van der Waals surface area contributed by atoms with E-state index in [9.17, 15) is 14.4 Å². The molecule has 0 unspecified atom stereocenters. The Labute approximate surface area is 145 Å². The van der Waals surface area contributed by atoms with Gasteiger partial charge in [-0.15, -0.1) is 0 Å². The molecule has 1 N–H and O–H groups in total. The molecule has 128 valence electrons. The van der Waals surface area contributed by atoms with Gasteiger partial charge in [-0.1, -0.05) is 42.5 Å². The fourth-order valence-corrected chi connectivity index (χ4v) is 2.90. The number of rotatable bonds is 4. The van der Waals surface area contributed by atoms with Gasteiger partial charge in [-0.25, -0.2) is 9.59 Å². The molecule has 6 heteroatoms. The normalized spacial score (nSPS) is 19.7. The molecule has 1 atom stereocenters. The molecule has 1 aliphatic rings. The van der Waals surface area contributed by atoms with E-state index in [1.54, 1.807) is 43.3 Å². The second kappa shape index (κ2) is 6.39. The highest BCUT2D eigenvalue weighted by atomic mass is 16.5. The number of nitrogens with zero attached hydrogens (tertiary/aromatic N) is 1. The van der Waals surface area contributed by atoms with Crippen LogP contribution in [0.2, 0.25) is 0 Å². The first kappa shape index (κ1) is 16.7. The van der Waals surface area contributed by atoms with Crippen LogP contribution in [0.1, 0.15) is 28.4 Å². The summed E-state index contributed by atoms with van der Waals surface area (Å²) in [5.74, 6) is -0.791. The maximum Gasteiger partial charge on any atom is 0.337 e. The molecule has 6 nitrogen and oxygen atoms in total. The number of benzene rings is 2. The number of methoxy groups -OCH3 is 1. The number of amides is 3. The summed E-state index contributed by atoms with van der Waals surface area (Å²) >= 11 is 0. The summed E-state index contributed by atoms with van der Waals surface area (Å²) in [5, 5.41) is 2.76. The fourth-order valence-electron chi connectivity index (χ4n) is 2.90. The van der Waals surface area contributed by atoms with Crippen molar-refractivity contribution in [3.05, 3.63) is 71.3 Å². The summed E-state index contributed by atoms with van der Waals surface area (Å²) < 4.78 is 4.70. The Kier molecular flexibility index (Phi) is 4.27. The molecule has 1 fully saturated rings. The SMILES string of the molecule is COC(=O)c1cccc(CN2C(=O)N[C@@](C)(c3ccccc3)C2=O)c1. The Bertz CT molecular complexity index is 834. The van der Waals surface area contributed by atoms with E-state index in [1.165, 1.54) is 7.11 Å². The van der Waals surface area contributed by atoms with Gasteiger partial charge in [0.25, 0.3) is 5.91 Å². The van der Waals surface area contributed by atoms with Crippen LogP contribution in [0.4, 0.5) is 4.79 Å². The molecule has 0 saturated carbocycles. The van der Waals surface area contributed by atoms with E-state index in [2.05, 4.69) is 5.32 Å². The average molecular weight is 338 g/mol. The van der Waals surface area contributed by atoms with Gasteiger partial charge < -0.3 is 10.1 Å². The molecule has 0 bridgehead atoms. The summed E-state index contributed by atoms with van der Waals surface area (Å²) in [6.45, 7) is 1.77. The zero-order valence-corrected chi connectivity index (χ0v) is 14.0. The Balaban J connectivity index is 1.86. The smallest absolute Gasteiger partial charge is 0.337 e. The number of imide groups is 1. The number of urea groups is 1. The van der Waals surface area contributed by atoms with Crippen molar-refractivity contribution in [2.75, 3.05) is 7.11 Å². The lowest BCUT2D eigenvalue weighted by Gasteiger charge is -2.22. The summed E-state index contributed by atoms with van der Waals surface area (Å²) in [6, 6.07) is 15.3. The summed E-state index contributed by atoms with van der Waals surface area (Å²) in [7, 11) is 1.30. The quantitative estimate of drug-likeness (QED) is 0.686. The molecular formula is C19H18N2O4. The molecule has 0 aliphatic carbocycles. The van der Waals surface area contributed by atoms with Crippen molar-refractivity contribution < 1.29 is 19.1 Å². The first-order valence-corrected chi connectivity index (χ1v) is 7.82. The molecule has 1 saturated heterocycles. The number of ether oxygens (including phenoxy) is 1. The Morgan fingerprint density at radius 1 is 1.12 bits per heavy atom. The van der Waals surface area contributed by atoms with Crippen molar-refractivity contribution in [2.45, 2.75) is 19.0 Å². The monoisotopic (exact) mass is 338 g/mol. The zero-order chi connectivity index (χ0) is 18.0. The molecule has 25 heavy (non-hydrogen) atoms. The molecular weight excluding hydrogens is 320 g/mol. The van der Waals surface area contributed by atoms with Gasteiger partial charge in [0, 0.05) is 0 Å². The first-order chi connectivity index (χ1) is 12.0. The lowest BCUT2D eigenvalue weighted by Crippen LogP contribution is -2.40. The Hall–Kier alpha value is -3.15. The molecule has 1 aliphatic heterocycles. The summed E-state index contributed by atoms with van der Waals surface area (Å²) in [4.78, 5) is 38.0. The number of esters is 1. The molecule has 3 rings (SSSR count). The van der Waals surface area contributed by atoms with Crippen LogP contribution in [0.5, 0.6) is 0 Å². The molecule has 2 aromatic carbocycles. The van der Waals surface area contributed by atoms with E-state index >= 15 is 0 Å². The molecule has 0 radical (unpaired) electrons. The van der Waals surface area contributed by atoms with Crippen LogP contribution in [0, 0.1) is 0 Å². The molecule has 0 aromatic heterocycles. The predicted molar refractivity (Wildman–Crippen MR) is 90.7 cm³/mol. The van der Waals surface area contributed by atoms with Gasteiger partial charge in [0.15, 0.2) is 0 Å². The highest BCUT2D eigenvalue weighted by molar-refractivity contribution is 6.07. The molecule has 2 aromatic rings. The van der Waals surface area contributed by atoms with Gasteiger partial charge in [0.05, 0.1) is 19.2 Å². The highest BCUT2D eigenvalue weighted by Crippen LogP contribution is 2.29. The van der Waals surface area contributed by atoms with Crippen LogP contribution in [-0.2, 0) is 21.6 Å². The fraction of sp³-hybridized carbons (Fsp3) is 0.211. The van der Waals surface area contributed by atoms with Crippen molar-refractivity contribution in [3.63, 3.8) is 0 Å². The topological polar surface area (TPSA) is 75.7 Å². The zero-order valence-electron chi connectivity index (χ0n) is 14.0. The lowest BCUT2D eigenvalue weighted by atomic mass is 9.92. The van der Waals surface area contributed by atoms with E-state index in [-0.39, 0.29) is 12.5 Å². The number of nitrogens with one attached hydrogen (secondary N) is 1. The maximum atomic E-state index is 12.9. The van der Waals surface area contributed by atoms with Gasteiger partial charge in [-0.3, -0.25) is 9.69 Å². The van der Waals surface area contributed by atoms with Crippen molar-refractivity contribution in [1.29, 1.82) is 0 Å². The second-order valence-corrected chi connectivity index (χ2v) is 6.00. The van der Waals surface area contributed by atoms with E-state index in [1.807, 2.05) is 18.2 Å². The van der Waals surface area contributed by atoms with Crippen molar-refractivity contribution in [3.8, 4) is 0 Å². The van der Waals surface area contributed by atoms with Crippen molar-refractivity contribution >= 4 is 17.9 Å². The molecule has 1 heterocycles. The lowest BCUT2D eigenvalue weighted by molar-refractivity contribution is -0.131. The van der Waals surface area contributed by atoms with E-state index in [0.717, 1.165) is 10.5 Å². The third-order valence-corrected chi connectivity index (χ3v) is 4.31. The van der Waals surface area contributed by atoms with Gasteiger partial charge in [0.2, 0.25) is 0 Å². The van der Waals surface area contributed by atoms with Crippen molar-refractivity contribution in [1.82, 2.24) is 10.2 Å². The van der Waals surface area contributed by atoms with Crippen LogP contribution in [0.3, 0.4) is 0 Å². The van der Waals surface area contributed by atoms with Gasteiger partial charge >= 0.3 is 12.0 Å². The van der Waals surface area contributed by atoms with Gasteiger partial charge in [0.1, 0.15) is 5.54 Å². The minimum Gasteiger partial charge on any atom is -0.465 e. The highest BCUT2D eigenvalue weighted by Gasteiger charge is 2.48. The minimum atomic E-state index is -1.10. The Morgan fingerprint density at radius 3 is 2.52 bits per heavy atom. The second-order valence-electron chi connectivity index (χ2n) is 6.00. The standard InChI is InChI=1S/C19H18N2O4/c1-19(15-9-4-3-5-10-15)17(23)21(18(24)20-19)12-13-7-6-8-14(11-13)16(22)25-2/h3-11H,12H2,1-2H3,(H,20,24)/t19-/m0/s1.